The van der Waals surface area contributed by atoms with Crippen LogP contribution < -0.4 is 25.0 Å². The van der Waals surface area contributed by atoms with Gasteiger partial charge in [-0.25, -0.2) is 0 Å². The van der Waals surface area contributed by atoms with Crippen LogP contribution in [0.4, 0.5) is 11.4 Å². The van der Waals surface area contributed by atoms with Gasteiger partial charge in [-0.05, 0) is 54.8 Å². The van der Waals surface area contributed by atoms with E-state index in [2.05, 4.69) is 15.5 Å². The number of nitrogens with one attached hydrogen (secondary N) is 2. The number of aryl methyl sites for hydroxylation is 1. The highest BCUT2D eigenvalue weighted by Crippen LogP contribution is 2.32. The van der Waals surface area contributed by atoms with Crippen molar-refractivity contribution in [3.63, 3.8) is 0 Å². The number of carbonyl (C=O) groups is 2. The van der Waals surface area contributed by atoms with Gasteiger partial charge in [0.1, 0.15) is 0 Å². The average Bonchev–Trinajstić information content (AvgIpc) is 3.23. The normalized spacial score (nSPS) is 15.0. The standard InChI is InChI=1S/C22H25N3O5/c1-15-12-17(25-8-10-28-11-9-25)3-4-18(15)24-22(27)21(26)23-7-6-16-2-5-19-20(13-16)30-14-29-19/h2-5,12-13H,6-11,14H2,1H3,(H,23,26)(H,24,27). The Kier molecular flexibility index (Phi) is 6.04. The molecule has 0 atom stereocenters. The van der Waals surface area contributed by atoms with Crippen molar-refractivity contribution in [1.29, 1.82) is 0 Å². The van der Waals surface area contributed by atoms with Crippen LogP contribution in [0.5, 0.6) is 11.5 Å². The Morgan fingerprint density at radius 1 is 1.00 bits per heavy atom. The number of carbonyl (C=O) groups excluding carboxylic acids is 2. The van der Waals surface area contributed by atoms with Crippen molar-refractivity contribution in [2.45, 2.75) is 13.3 Å². The van der Waals surface area contributed by atoms with E-state index >= 15 is 0 Å². The number of benzene rings is 2. The second-order valence-corrected chi connectivity index (χ2v) is 7.25. The Balaban J connectivity index is 1.27. The minimum atomic E-state index is -0.678. The predicted octanol–water partition coefficient (Wildman–Crippen LogP) is 1.86. The summed E-state index contributed by atoms with van der Waals surface area (Å²) >= 11 is 0. The van der Waals surface area contributed by atoms with Gasteiger partial charge in [-0.1, -0.05) is 6.07 Å². The summed E-state index contributed by atoms with van der Waals surface area (Å²) < 4.78 is 16.0. The molecule has 0 saturated carbocycles. The quantitative estimate of drug-likeness (QED) is 0.730. The topological polar surface area (TPSA) is 89.1 Å². The Morgan fingerprint density at radius 2 is 1.80 bits per heavy atom. The minimum absolute atomic E-state index is 0.225. The second kappa shape index (κ2) is 9.04. The summed E-state index contributed by atoms with van der Waals surface area (Å²) in [5, 5.41) is 5.35. The van der Waals surface area contributed by atoms with Crippen LogP contribution in [0.15, 0.2) is 36.4 Å². The summed E-state index contributed by atoms with van der Waals surface area (Å²) in [4.78, 5) is 26.7. The number of anilines is 2. The van der Waals surface area contributed by atoms with Crippen molar-refractivity contribution < 1.29 is 23.8 Å². The Labute approximate surface area is 175 Å². The molecule has 2 heterocycles. The number of hydrogen-bond acceptors (Lipinski definition) is 6. The first-order valence-corrected chi connectivity index (χ1v) is 10.0. The van der Waals surface area contributed by atoms with Crippen molar-refractivity contribution in [2.24, 2.45) is 0 Å². The van der Waals surface area contributed by atoms with E-state index < -0.39 is 11.8 Å². The highest BCUT2D eigenvalue weighted by molar-refractivity contribution is 6.39. The highest BCUT2D eigenvalue weighted by atomic mass is 16.7. The molecule has 0 spiro atoms. The second-order valence-electron chi connectivity index (χ2n) is 7.25. The molecular weight excluding hydrogens is 386 g/mol. The molecule has 1 fully saturated rings. The third kappa shape index (κ3) is 4.65. The molecule has 1 saturated heterocycles. The van der Waals surface area contributed by atoms with Crippen LogP contribution in [0.3, 0.4) is 0 Å². The smallest absolute Gasteiger partial charge is 0.313 e. The first kappa shape index (κ1) is 20.0. The molecule has 2 aliphatic heterocycles. The molecule has 2 aromatic carbocycles. The van der Waals surface area contributed by atoms with Crippen LogP contribution in [-0.4, -0.2) is 51.5 Å². The zero-order valence-corrected chi connectivity index (χ0v) is 16.9. The number of rotatable bonds is 5. The Hall–Kier alpha value is -3.26. The van der Waals surface area contributed by atoms with E-state index in [1.54, 1.807) is 0 Å². The van der Waals surface area contributed by atoms with Crippen LogP contribution in [-0.2, 0) is 20.7 Å². The highest BCUT2D eigenvalue weighted by Gasteiger charge is 2.17. The Bertz CT molecular complexity index is 940. The van der Waals surface area contributed by atoms with Gasteiger partial charge < -0.3 is 29.7 Å². The third-order valence-electron chi connectivity index (χ3n) is 5.18. The maximum absolute atomic E-state index is 12.3. The number of ether oxygens (including phenoxy) is 3. The summed E-state index contributed by atoms with van der Waals surface area (Å²) in [5.74, 6) is 0.0834. The van der Waals surface area contributed by atoms with Gasteiger partial charge in [0, 0.05) is 31.0 Å². The molecule has 2 aliphatic rings. The lowest BCUT2D eigenvalue weighted by Crippen LogP contribution is -2.37. The zero-order chi connectivity index (χ0) is 20.9. The van der Waals surface area contributed by atoms with E-state index in [0.29, 0.717) is 37.6 Å². The summed E-state index contributed by atoms with van der Waals surface area (Å²) in [7, 11) is 0. The van der Waals surface area contributed by atoms with Crippen LogP contribution in [0.25, 0.3) is 0 Å². The molecule has 158 valence electrons. The fourth-order valence-corrected chi connectivity index (χ4v) is 3.48. The number of nitrogens with zero attached hydrogens (tertiary/aromatic N) is 1. The molecule has 30 heavy (non-hydrogen) atoms. The van der Waals surface area contributed by atoms with E-state index in [1.807, 2.05) is 43.3 Å². The molecular formula is C22H25N3O5. The van der Waals surface area contributed by atoms with E-state index in [-0.39, 0.29) is 6.79 Å². The lowest BCUT2D eigenvalue weighted by Gasteiger charge is -2.29. The maximum Gasteiger partial charge on any atom is 0.313 e. The summed E-state index contributed by atoms with van der Waals surface area (Å²) in [5.41, 5.74) is 3.61. The summed E-state index contributed by atoms with van der Waals surface area (Å²) in [6.07, 6.45) is 0.586. The van der Waals surface area contributed by atoms with Gasteiger partial charge in [0.2, 0.25) is 6.79 Å². The van der Waals surface area contributed by atoms with Gasteiger partial charge in [-0.15, -0.1) is 0 Å². The molecule has 0 aliphatic carbocycles. The van der Waals surface area contributed by atoms with Crippen molar-refractivity contribution in [2.75, 3.05) is 49.9 Å². The molecule has 8 heteroatoms. The third-order valence-corrected chi connectivity index (χ3v) is 5.18. The molecule has 8 nitrogen and oxygen atoms in total. The lowest BCUT2D eigenvalue weighted by atomic mass is 10.1. The molecule has 0 unspecified atom stereocenters. The van der Waals surface area contributed by atoms with Crippen LogP contribution in [0, 0.1) is 6.92 Å². The average molecular weight is 411 g/mol. The van der Waals surface area contributed by atoms with Gasteiger partial charge in [-0.2, -0.15) is 0 Å². The first-order chi connectivity index (χ1) is 14.6. The molecule has 0 bridgehead atoms. The number of hydrogen-bond donors (Lipinski definition) is 2. The molecule has 2 N–H and O–H groups in total. The fourth-order valence-electron chi connectivity index (χ4n) is 3.48. The molecule has 2 amide bonds. The SMILES string of the molecule is Cc1cc(N2CCOCC2)ccc1NC(=O)C(=O)NCCc1ccc2c(c1)OCO2. The number of morpholine rings is 1. The monoisotopic (exact) mass is 411 g/mol. The van der Waals surface area contributed by atoms with E-state index in [1.165, 1.54) is 0 Å². The van der Waals surface area contributed by atoms with Crippen molar-refractivity contribution in [3.05, 3.63) is 47.5 Å². The van der Waals surface area contributed by atoms with E-state index in [0.717, 1.165) is 35.7 Å². The van der Waals surface area contributed by atoms with Crippen LogP contribution in [0.1, 0.15) is 11.1 Å². The van der Waals surface area contributed by atoms with E-state index in [4.69, 9.17) is 14.2 Å². The maximum atomic E-state index is 12.3. The van der Waals surface area contributed by atoms with Crippen molar-refractivity contribution in [1.82, 2.24) is 5.32 Å². The molecule has 0 radical (unpaired) electrons. The zero-order valence-electron chi connectivity index (χ0n) is 16.9. The summed E-state index contributed by atoms with van der Waals surface area (Å²) in [6.45, 7) is 5.60. The number of fused-ring (bicyclic) bond motifs is 1. The largest absolute Gasteiger partial charge is 0.454 e. The summed E-state index contributed by atoms with van der Waals surface area (Å²) in [6, 6.07) is 11.4. The van der Waals surface area contributed by atoms with Crippen LogP contribution in [0.2, 0.25) is 0 Å². The molecule has 4 rings (SSSR count). The predicted molar refractivity (Wildman–Crippen MR) is 112 cm³/mol. The number of amides is 2. The van der Waals surface area contributed by atoms with Gasteiger partial charge in [-0.3, -0.25) is 9.59 Å². The molecule has 0 aromatic heterocycles. The van der Waals surface area contributed by atoms with Crippen LogP contribution >= 0.6 is 0 Å². The first-order valence-electron chi connectivity index (χ1n) is 10.0. The van der Waals surface area contributed by atoms with Gasteiger partial charge >= 0.3 is 11.8 Å². The Morgan fingerprint density at radius 3 is 2.60 bits per heavy atom. The van der Waals surface area contributed by atoms with E-state index in [9.17, 15) is 9.59 Å². The fraction of sp³-hybridized carbons (Fsp3) is 0.364. The van der Waals surface area contributed by atoms with Crippen molar-refractivity contribution in [3.8, 4) is 11.5 Å². The lowest BCUT2D eigenvalue weighted by molar-refractivity contribution is -0.136. The minimum Gasteiger partial charge on any atom is -0.454 e. The van der Waals surface area contributed by atoms with Gasteiger partial charge in [0.15, 0.2) is 11.5 Å². The van der Waals surface area contributed by atoms with Crippen molar-refractivity contribution >= 4 is 23.2 Å². The van der Waals surface area contributed by atoms with Gasteiger partial charge in [0.05, 0.1) is 13.2 Å². The molecule has 2 aromatic rings. The van der Waals surface area contributed by atoms with Gasteiger partial charge in [0.25, 0.3) is 0 Å².